The largest absolute Gasteiger partial charge is 0.481 e. The van der Waals surface area contributed by atoms with E-state index in [0.717, 1.165) is 25.8 Å². The van der Waals surface area contributed by atoms with Gasteiger partial charge in [-0.2, -0.15) is 0 Å². The second-order valence-electron chi connectivity index (χ2n) is 5.70. The van der Waals surface area contributed by atoms with Crippen LogP contribution in [0.5, 0.6) is 0 Å². The average molecular weight is 268 g/mol. The fourth-order valence-corrected chi connectivity index (χ4v) is 3.38. The van der Waals surface area contributed by atoms with Crippen LogP contribution < -0.4 is 0 Å². The second kappa shape index (κ2) is 5.80. The van der Waals surface area contributed by atoms with Gasteiger partial charge >= 0.3 is 12.0 Å². The molecule has 5 heteroatoms. The first kappa shape index (κ1) is 14.2. The van der Waals surface area contributed by atoms with Crippen molar-refractivity contribution in [3.8, 4) is 0 Å². The van der Waals surface area contributed by atoms with Crippen molar-refractivity contribution >= 4 is 12.0 Å². The standard InChI is InChI=1S/C14H24N2O3/c1-3-11-6-4-5-8-16(11)14(19)15-9-7-12(10(15)2)13(17)18/h10-12H,3-9H2,1-2H3,(H,17,18). The molecular weight excluding hydrogens is 244 g/mol. The Hall–Kier alpha value is -1.26. The average Bonchev–Trinajstić information content (AvgIpc) is 2.80. The van der Waals surface area contributed by atoms with Crippen LogP contribution in [0.25, 0.3) is 0 Å². The summed E-state index contributed by atoms with van der Waals surface area (Å²) in [5.41, 5.74) is 0. The highest BCUT2D eigenvalue weighted by Gasteiger charge is 2.40. The molecular formula is C14H24N2O3. The van der Waals surface area contributed by atoms with Crippen molar-refractivity contribution < 1.29 is 14.7 Å². The Kier molecular flexibility index (Phi) is 4.32. The van der Waals surface area contributed by atoms with Crippen LogP contribution in [0.15, 0.2) is 0 Å². The number of nitrogens with zero attached hydrogens (tertiary/aromatic N) is 2. The highest BCUT2D eigenvalue weighted by Crippen LogP contribution is 2.28. The Labute approximate surface area is 114 Å². The molecule has 5 nitrogen and oxygen atoms in total. The number of carbonyl (C=O) groups excluding carboxylic acids is 1. The molecule has 2 aliphatic heterocycles. The lowest BCUT2D eigenvalue weighted by Gasteiger charge is -2.39. The minimum Gasteiger partial charge on any atom is -0.481 e. The molecule has 2 aliphatic rings. The number of carboxylic acid groups (broad SMARTS) is 1. The van der Waals surface area contributed by atoms with Gasteiger partial charge in [0, 0.05) is 25.2 Å². The molecule has 0 saturated carbocycles. The number of rotatable bonds is 2. The molecule has 0 spiro atoms. The van der Waals surface area contributed by atoms with E-state index in [4.69, 9.17) is 5.11 Å². The normalized spacial score (nSPS) is 31.6. The van der Waals surface area contributed by atoms with E-state index >= 15 is 0 Å². The molecule has 0 radical (unpaired) electrons. The van der Waals surface area contributed by atoms with E-state index in [0.29, 0.717) is 19.0 Å². The van der Waals surface area contributed by atoms with E-state index in [-0.39, 0.29) is 12.1 Å². The van der Waals surface area contributed by atoms with Crippen LogP contribution in [0.2, 0.25) is 0 Å². The Morgan fingerprint density at radius 1 is 1.16 bits per heavy atom. The quantitative estimate of drug-likeness (QED) is 0.835. The van der Waals surface area contributed by atoms with Crippen molar-refractivity contribution in [1.29, 1.82) is 0 Å². The number of hydrogen-bond acceptors (Lipinski definition) is 2. The molecule has 0 aromatic heterocycles. The smallest absolute Gasteiger partial charge is 0.320 e. The van der Waals surface area contributed by atoms with E-state index in [1.807, 2.05) is 11.8 Å². The number of aliphatic carboxylic acids is 1. The third kappa shape index (κ3) is 2.69. The SMILES string of the molecule is CCC1CCCCN1C(=O)N1CCC(C(=O)O)C1C. The Balaban J connectivity index is 2.05. The summed E-state index contributed by atoms with van der Waals surface area (Å²) in [6, 6.07) is 0.185. The molecule has 1 N–H and O–H groups in total. The van der Waals surface area contributed by atoms with E-state index in [1.165, 1.54) is 6.42 Å². The molecule has 0 aromatic rings. The first-order valence-corrected chi connectivity index (χ1v) is 7.36. The fourth-order valence-electron chi connectivity index (χ4n) is 3.38. The van der Waals surface area contributed by atoms with E-state index in [9.17, 15) is 9.59 Å². The van der Waals surface area contributed by atoms with Gasteiger partial charge in [-0.1, -0.05) is 6.92 Å². The number of piperidine rings is 1. The van der Waals surface area contributed by atoms with Crippen molar-refractivity contribution in [3.05, 3.63) is 0 Å². The first-order valence-electron chi connectivity index (χ1n) is 7.36. The van der Waals surface area contributed by atoms with Gasteiger partial charge in [0.25, 0.3) is 0 Å². The van der Waals surface area contributed by atoms with Crippen molar-refractivity contribution in [3.63, 3.8) is 0 Å². The number of carbonyl (C=O) groups is 2. The summed E-state index contributed by atoms with van der Waals surface area (Å²) in [5.74, 6) is -1.19. The van der Waals surface area contributed by atoms with Gasteiger partial charge in [-0.15, -0.1) is 0 Å². The molecule has 3 atom stereocenters. The molecule has 2 rings (SSSR count). The fraction of sp³-hybridized carbons (Fsp3) is 0.857. The van der Waals surface area contributed by atoms with Crippen LogP contribution in [0.1, 0.15) is 46.0 Å². The molecule has 2 fully saturated rings. The maximum Gasteiger partial charge on any atom is 0.320 e. The Bertz CT molecular complexity index is 359. The van der Waals surface area contributed by atoms with Gasteiger partial charge in [-0.05, 0) is 39.0 Å². The van der Waals surface area contributed by atoms with Crippen molar-refractivity contribution in [2.75, 3.05) is 13.1 Å². The van der Waals surface area contributed by atoms with Crippen molar-refractivity contribution in [1.82, 2.24) is 9.80 Å². The second-order valence-corrected chi connectivity index (χ2v) is 5.70. The zero-order chi connectivity index (χ0) is 14.0. The molecule has 3 unspecified atom stereocenters. The topological polar surface area (TPSA) is 60.9 Å². The maximum absolute atomic E-state index is 12.6. The highest BCUT2D eigenvalue weighted by molar-refractivity contribution is 5.78. The van der Waals surface area contributed by atoms with E-state index in [1.54, 1.807) is 4.90 Å². The van der Waals surface area contributed by atoms with Gasteiger partial charge in [0.05, 0.1) is 5.92 Å². The molecule has 108 valence electrons. The molecule has 2 amide bonds. The predicted octanol–water partition coefficient (Wildman–Crippen LogP) is 2.17. The van der Waals surface area contributed by atoms with Gasteiger partial charge in [-0.3, -0.25) is 4.79 Å². The molecule has 0 aromatic carbocycles. The predicted molar refractivity (Wildman–Crippen MR) is 71.9 cm³/mol. The molecule has 2 heterocycles. The summed E-state index contributed by atoms with van der Waals surface area (Å²) in [6.45, 7) is 5.36. The monoisotopic (exact) mass is 268 g/mol. The lowest BCUT2D eigenvalue weighted by Crippen LogP contribution is -2.51. The minimum atomic E-state index is -0.784. The first-order chi connectivity index (χ1) is 9.06. The van der Waals surface area contributed by atoms with Gasteiger partial charge in [0.2, 0.25) is 0 Å². The van der Waals surface area contributed by atoms with Crippen LogP contribution in [-0.4, -0.2) is 52.1 Å². The van der Waals surface area contributed by atoms with Crippen LogP contribution in [0.3, 0.4) is 0 Å². The lowest BCUT2D eigenvalue weighted by atomic mass is 10.00. The molecule has 0 bridgehead atoms. The van der Waals surface area contributed by atoms with Crippen LogP contribution in [0, 0.1) is 5.92 Å². The zero-order valence-corrected chi connectivity index (χ0v) is 11.8. The Morgan fingerprint density at radius 3 is 2.47 bits per heavy atom. The summed E-state index contributed by atoms with van der Waals surface area (Å²) in [4.78, 5) is 27.5. The van der Waals surface area contributed by atoms with E-state index in [2.05, 4.69) is 6.92 Å². The van der Waals surface area contributed by atoms with Gasteiger partial charge < -0.3 is 14.9 Å². The summed E-state index contributed by atoms with van der Waals surface area (Å²) < 4.78 is 0. The molecule has 19 heavy (non-hydrogen) atoms. The number of urea groups is 1. The van der Waals surface area contributed by atoms with E-state index < -0.39 is 11.9 Å². The van der Waals surface area contributed by atoms with Crippen molar-refractivity contribution in [2.45, 2.75) is 58.0 Å². The number of amides is 2. The molecule has 0 aliphatic carbocycles. The van der Waals surface area contributed by atoms with Gasteiger partial charge in [0.1, 0.15) is 0 Å². The van der Waals surface area contributed by atoms with Gasteiger partial charge in [0.15, 0.2) is 0 Å². The van der Waals surface area contributed by atoms with Gasteiger partial charge in [-0.25, -0.2) is 4.79 Å². The molecule has 2 saturated heterocycles. The summed E-state index contributed by atoms with van der Waals surface area (Å²) in [7, 11) is 0. The lowest BCUT2D eigenvalue weighted by molar-refractivity contribution is -0.142. The Morgan fingerprint density at radius 2 is 1.89 bits per heavy atom. The maximum atomic E-state index is 12.6. The third-order valence-electron chi connectivity index (χ3n) is 4.66. The minimum absolute atomic E-state index is 0.0443. The zero-order valence-electron chi connectivity index (χ0n) is 11.8. The summed E-state index contributed by atoms with van der Waals surface area (Å²) in [6.07, 6.45) is 4.89. The van der Waals surface area contributed by atoms with Crippen LogP contribution in [0.4, 0.5) is 4.79 Å². The number of carboxylic acids is 1. The highest BCUT2D eigenvalue weighted by atomic mass is 16.4. The van der Waals surface area contributed by atoms with Crippen LogP contribution in [-0.2, 0) is 4.79 Å². The van der Waals surface area contributed by atoms with Crippen molar-refractivity contribution in [2.24, 2.45) is 5.92 Å². The summed E-state index contributed by atoms with van der Waals surface area (Å²) in [5, 5.41) is 9.14. The third-order valence-corrected chi connectivity index (χ3v) is 4.66. The van der Waals surface area contributed by atoms with Crippen LogP contribution >= 0.6 is 0 Å². The summed E-state index contributed by atoms with van der Waals surface area (Å²) >= 11 is 0. The number of hydrogen-bond donors (Lipinski definition) is 1. The number of likely N-dealkylation sites (tertiary alicyclic amines) is 2.